The van der Waals surface area contributed by atoms with Gasteiger partial charge in [-0.05, 0) is 85.6 Å². The molecular weight excluding hydrogens is 584 g/mol. The number of nitrogens with zero attached hydrogens (tertiary/aromatic N) is 3. The van der Waals surface area contributed by atoms with Crippen molar-refractivity contribution in [3.63, 3.8) is 0 Å². The van der Waals surface area contributed by atoms with Gasteiger partial charge in [0.2, 0.25) is 0 Å². The van der Waals surface area contributed by atoms with Crippen LogP contribution in [0.3, 0.4) is 0 Å². The van der Waals surface area contributed by atoms with Gasteiger partial charge in [0, 0.05) is 38.4 Å². The van der Waals surface area contributed by atoms with Crippen LogP contribution >= 0.6 is 15.9 Å². The number of hydrogen-bond acceptors (Lipinski definition) is 2. The molecule has 4 aromatic carbocycles. The number of aromatic nitrogens is 2. The summed E-state index contributed by atoms with van der Waals surface area (Å²) in [6.45, 7) is 4.11. The molecule has 206 valence electrons. The molecule has 5 nitrogen and oxygen atoms in total. The summed E-state index contributed by atoms with van der Waals surface area (Å²) in [5.74, 6) is -0.271. The van der Waals surface area contributed by atoms with Crippen LogP contribution in [0.4, 0.5) is 0 Å². The highest BCUT2D eigenvalue weighted by atomic mass is 79.9. The third kappa shape index (κ3) is 5.49. The summed E-state index contributed by atoms with van der Waals surface area (Å²) in [7, 11) is 0. The molecule has 6 aromatic rings. The van der Waals surface area contributed by atoms with E-state index in [1.807, 2.05) is 66.7 Å². The van der Waals surface area contributed by atoms with E-state index < -0.39 is 0 Å². The predicted molar refractivity (Wildman–Crippen MR) is 175 cm³/mol. The lowest BCUT2D eigenvalue weighted by Gasteiger charge is -2.15. The molecule has 42 heavy (non-hydrogen) atoms. The first-order valence-corrected chi connectivity index (χ1v) is 14.5. The Bertz CT molecular complexity index is 1870. The molecule has 2 heterocycles. The summed E-state index contributed by atoms with van der Waals surface area (Å²) in [5.41, 5.74) is 12.5. The molecule has 0 unspecified atom stereocenters. The Morgan fingerprint density at radius 1 is 0.690 bits per heavy atom. The van der Waals surface area contributed by atoms with Gasteiger partial charge in [0.25, 0.3) is 5.91 Å². The lowest BCUT2D eigenvalue weighted by Crippen LogP contribution is -2.18. The Kier molecular flexibility index (Phi) is 7.71. The van der Waals surface area contributed by atoms with Crippen LogP contribution in [-0.4, -0.2) is 21.3 Å². The summed E-state index contributed by atoms with van der Waals surface area (Å²) in [5, 5.41) is 4.44. The van der Waals surface area contributed by atoms with Crippen molar-refractivity contribution in [3.05, 3.63) is 154 Å². The Hall–Kier alpha value is -4.94. The van der Waals surface area contributed by atoms with Crippen molar-refractivity contribution in [3.8, 4) is 33.9 Å². The first-order chi connectivity index (χ1) is 20.5. The second-order valence-electron chi connectivity index (χ2n) is 10.1. The lowest BCUT2D eigenvalue weighted by molar-refractivity contribution is 0.0955. The van der Waals surface area contributed by atoms with E-state index in [2.05, 4.69) is 104 Å². The number of hydrogen-bond donors (Lipinski definition) is 1. The van der Waals surface area contributed by atoms with Gasteiger partial charge in [-0.1, -0.05) is 82.7 Å². The van der Waals surface area contributed by atoms with Gasteiger partial charge in [-0.2, -0.15) is 5.10 Å². The minimum Gasteiger partial charge on any atom is -0.318 e. The number of halogens is 1. The Morgan fingerprint density at radius 2 is 1.33 bits per heavy atom. The van der Waals surface area contributed by atoms with E-state index in [-0.39, 0.29) is 5.91 Å². The fourth-order valence-electron chi connectivity index (χ4n) is 5.29. The average molecular weight is 614 g/mol. The van der Waals surface area contributed by atoms with Crippen molar-refractivity contribution in [2.24, 2.45) is 5.10 Å². The molecule has 0 bridgehead atoms. The minimum atomic E-state index is -0.271. The van der Waals surface area contributed by atoms with Crippen LogP contribution in [0.1, 0.15) is 27.3 Å². The van der Waals surface area contributed by atoms with Crippen LogP contribution in [0.5, 0.6) is 0 Å². The van der Waals surface area contributed by atoms with Gasteiger partial charge in [0.15, 0.2) is 0 Å². The topological polar surface area (TPSA) is 51.3 Å². The Balaban J connectivity index is 1.39. The van der Waals surface area contributed by atoms with Gasteiger partial charge in [-0.3, -0.25) is 4.79 Å². The highest BCUT2D eigenvalue weighted by Crippen LogP contribution is 2.35. The van der Waals surface area contributed by atoms with E-state index in [0.29, 0.717) is 5.56 Å². The van der Waals surface area contributed by atoms with Gasteiger partial charge in [0.05, 0.1) is 17.6 Å². The summed E-state index contributed by atoms with van der Waals surface area (Å²) < 4.78 is 5.38. The molecule has 0 radical (unpaired) electrons. The number of carbonyl (C=O) groups excluding carboxylic acids is 1. The molecule has 0 saturated carbocycles. The van der Waals surface area contributed by atoms with Gasteiger partial charge in [-0.15, -0.1) is 0 Å². The number of hydrazone groups is 1. The molecule has 0 aliphatic heterocycles. The highest BCUT2D eigenvalue weighted by Gasteiger charge is 2.19. The van der Waals surface area contributed by atoms with E-state index in [9.17, 15) is 4.79 Å². The molecule has 2 aromatic heterocycles. The molecule has 1 N–H and O–H groups in total. The van der Waals surface area contributed by atoms with Crippen LogP contribution in [0.15, 0.2) is 137 Å². The standard InChI is InChI=1S/C36H29BrN4O/c1-25-16-17-26(2)40(25)33-15-9-14-29(22-33)36(42)39-38-24-30-23-34(27-10-5-3-6-11-27)41(32-20-18-31(37)19-21-32)35(30)28-12-7-4-8-13-28/h3-24H,1-2H3,(H,39,42)/b38-24-. The van der Waals surface area contributed by atoms with Crippen molar-refractivity contribution >= 4 is 28.1 Å². The second-order valence-corrected chi connectivity index (χ2v) is 11.0. The van der Waals surface area contributed by atoms with Crippen molar-refractivity contribution in [2.45, 2.75) is 13.8 Å². The average Bonchev–Trinajstić information content (AvgIpc) is 3.57. The minimum absolute atomic E-state index is 0.271. The molecule has 6 rings (SSSR count). The number of nitrogens with one attached hydrogen (secondary N) is 1. The SMILES string of the molecule is Cc1ccc(C)n1-c1cccc(C(=O)N/N=C\c2cc(-c3ccccc3)n(-c3ccc(Br)cc3)c2-c2ccccc2)c1. The number of amides is 1. The molecular formula is C36H29BrN4O. The van der Waals surface area contributed by atoms with E-state index in [1.165, 1.54) is 0 Å². The van der Waals surface area contributed by atoms with Crippen molar-refractivity contribution in [1.29, 1.82) is 0 Å². The van der Waals surface area contributed by atoms with E-state index >= 15 is 0 Å². The molecule has 0 saturated heterocycles. The number of aryl methyl sites for hydroxylation is 2. The van der Waals surface area contributed by atoms with Crippen LogP contribution in [0.2, 0.25) is 0 Å². The van der Waals surface area contributed by atoms with Crippen LogP contribution in [0, 0.1) is 13.8 Å². The van der Waals surface area contributed by atoms with Gasteiger partial charge < -0.3 is 9.13 Å². The van der Waals surface area contributed by atoms with Gasteiger partial charge >= 0.3 is 0 Å². The third-order valence-corrected chi connectivity index (χ3v) is 7.77. The zero-order chi connectivity index (χ0) is 29.1. The normalized spacial score (nSPS) is 11.2. The fraction of sp³-hybridized carbons (Fsp3) is 0.0556. The van der Waals surface area contributed by atoms with E-state index in [0.717, 1.165) is 55.3 Å². The maximum absolute atomic E-state index is 13.2. The summed E-state index contributed by atoms with van der Waals surface area (Å²) >= 11 is 3.57. The van der Waals surface area contributed by atoms with Crippen molar-refractivity contribution in [1.82, 2.24) is 14.6 Å². The molecule has 0 aliphatic rings. The molecule has 0 aliphatic carbocycles. The van der Waals surface area contributed by atoms with Crippen LogP contribution in [-0.2, 0) is 0 Å². The highest BCUT2D eigenvalue weighted by molar-refractivity contribution is 9.10. The molecule has 0 fully saturated rings. The zero-order valence-corrected chi connectivity index (χ0v) is 24.9. The van der Waals surface area contributed by atoms with Crippen molar-refractivity contribution < 1.29 is 4.79 Å². The fourth-order valence-corrected chi connectivity index (χ4v) is 5.55. The molecule has 0 atom stereocenters. The maximum Gasteiger partial charge on any atom is 0.271 e. The zero-order valence-electron chi connectivity index (χ0n) is 23.3. The van der Waals surface area contributed by atoms with Crippen LogP contribution in [0.25, 0.3) is 33.9 Å². The first kappa shape index (κ1) is 27.2. The smallest absolute Gasteiger partial charge is 0.271 e. The van der Waals surface area contributed by atoms with Gasteiger partial charge in [0.1, 0.15) is 0 Å². The summed E-state index contributed by atoms with van der Waals surface area (Å²) in [6.07, 6.45) is 1.73. The largest absolute Gasteiger partial charge is 0.318 e. The summed E-state index contributed by atoms with van der Waals surface area (Å²) in [4.78, 5) is 13.2. The summed E-state index contributed by atoms with van der Waals surface area (Å²) in [6, 6.07) is 42.6. The van der Waals surface area contributed by atoms with Crippen molar-refractivity contribution in [2.75, 3.05) is 0 Å². The lowest BCUT2D eigenvalue weighted by atomic mass is 10.1. The third-order valence-electron chi connectivity index (χ3n) is 7.24. The quantitative estimate of drug-likeness (QED) is 0.142. The maximum atomic E-state index is 13.2. The number of carbonyl (C=O) groups is 1. The van der Waals surface area contributed by atoms with E-state index in [1.54, 1.807) is 12.3 Å². The Labute approximate surface area is 253 Å². The number of benzene rings is 4. The molecule has 6 heteroatoms. The van der Waals surface area contributed by atoms with Gasteiger partial charge in [-0.25, -0.2) is 5.43 Å². The molecule has 1 amide bonds. The van der Waals surface area contributed by atoms with Crippen LogP contribution < -0.4 is 5.43 Å². The van der Waals surface area contributed by atoms with E-state index in [4.69, 9.17) is 0 Å². The number of rotatable bonds is 7. The second kappa shape index (κ2) is 11.9. The first-order valence-electron chi connectivity index (χ1n) is 13.7. The molecule has 0 spiro atoms. The monoisotopic (exact) mass is 612 g/mol. The Morgan fingerprint density at radius 3 is 2.00 bits per heavy atom. The predicted octanol–water partition coefficient (Wildman–Crippen LogP) is 8.75.